The Morgan fingerprint density at radius 3 is 2.64 bits per heavy atom. The van der Waals surface area contributed by atoms with E-state index < -0.39 is 0 Å². The minimum Gasteiger partial charge on any atom is -0.348 e. The quantitative estimate of drug-likeness (QED) is 0.769. The second-order valence-electron chi connectivity index (χ2n) is 6.78. The minimum atomic E-state index is -0.232. The fourth-order valence-corrected chi connectivity index (χ4v) is 3.58. The van der Waals surface area contributed by atoms with Crippen molar-refractivity contribution in [2.45, 2.75) is 25.3 Å². The van der Waals surface area contributed by atoms with E-state index in [0.717, 1.165) is 11.8 Å². The molecule has 1 aromatic heterocycles. The molecule has 3 atom stereocenters. The molecular weight excluding hydrogens is 312 g/mol. The second-order valence-corrected chi connectivity index (χ2v) is 6.78. The van der Waals surface area contributed by atoms with E-state index in [-0.39, 0.29) is 17.5 Å². The number of H-pyrrole nitrogens is 1. The first-order valence-electron chi connectivity index (χ1n) is 8.61. The van der Waals surface area contributed by atoms with Crippen LogP contribution >= 0.6 is 0 Å². The molecule has 0 radical (unpaired) electrons. The third-order valence-electron chi connectivity index (χ3n) is 5.07. The first kappa shape index (κ1) is 15.6. The van der Waals surface area contributed by atoms with Crippen LogP contribution in [0.1, 0.15) is 35.3 Å². The van der Waals surface area contributed by atoms with Gasteiger partial charge in [-0.25, -0.2) is 0 Å². The number of aromatic nitrogens is 1. The molecule has 0 bridgehead atoms. The summed E-state index contributed by atoms with van der Waals surface area (Å²) in [4.78, 5) is 27.4. The number of rotatable bonds is 4. The molecule has 1 fully saturated rings. The van der Waals surface area contributed by atoms with Crippen molar-refractivity contribution >= 4 is 16.7 Å². The Labute approximate surface area is 145 Å². The first-order chi connectivity index (χ1) is 12.1. The SMILES string of the molecule is C[C@H](NC(=O)c1cc2ccccc2c(=O)[nH]1)[C@H]1C[C@@H]1c1ccccc1. The van der Waals surface area contributed by atoms with Crippen LogP contribution in [0.15, 0.2) is 65.5 Å². The molecule has 0 saturated heterocycles. The van der Waals surface area contributed by atoms with E-state index >= 15 is 0 Å². The summed E-state index contributed by atoms with van der Waals surface area (Å²) >= 11 is 0. The number of aromatic amines is 1. The van der Waals surface area contributed by atoms with E-state index in [1.165, 1.54) is 5.56 Å². The largest absolute Gasteiger partial charge is 0.348 e. The topological polar surface area (TPSA) is 62.0 Å². The smallest absolute Gasteiger partial charge is 0.268 e. The van der Waals surface area contributed by atoms with Crippen molar-refractivity contribution in [3.8, 4) is 0 Å². The summed E-state index contributed by atoms with van der Waals surface area (Å²) in [7, 11) is 0. The fraction of sp³-hybridized carbons (Fsp3) is 0.238. The zero-order valence-corrected chi connectivity index (χ0v) is 14.0. The van der Waals surface area contributed by atoms with Gasteiger partial charge in [0.05, 0.1) is 0 Å². The van der Waals surface area contributed by atoms with Gasteiger partial charge in [-0.15, -0.1) is 0 Å². The van der Waals surface area contributed by atoms with Crippen molar-refractivity contribution in [3.05, 3.63) is 82.3 Å². The van der Waals surface area contributed by atoms with Gasteiger partial charge in [0.2, 0.25) is 0 Å². The number of benzene rings is 2. The average molecular weight is 332 g/mol. The molecule has 0 unspecified atom stereocenters. The van der Waals surface area contributed by atoms with Crippen molar-refractivity contribution in [2.75, 3.05) is 0 Å². The third-order valence-corrected chi connectivity index (χ3v) is 5.07. The number of carbonyl (C=O) groups excluding carboxylic acids is 1. The Morgan fingerprint density at radius 2 is 1.84 bits per heavy atom. The lowest BCUT2D eigenvalue weighted by atomic mass is 10.1. The van der Waals surface area contributed by atoms with Crippen LogP contribution < -0.4 is 10.9 Å². The molecular formula is C21H20N2O2. The summed E-state index contributed by atoms with van der Waals surface area (Å²) < 4.78 is 0. The highest BCUT2D eigenvalue weighted by Crippen LogP contribution is 2.49. The van der Waals surface area contributed by atoms with Gasteiger partial charge >= 0.3 is 0 Å². The molecule has 126 valence electrons. The molecule has 1 aliphatic carbocycles. The molecule has 4 heteroatoms. The molecule has 4 rings (SSSR count). The maximum atomic E-state index is 12.5. The number of hydrogen-bond acceptors (Lipinski definition) is 2. The van der Waals surface area contributed by atoms with Crippen LogP contribution in [-0.2, 0) is 0 Å². The molecule has 0 aliphatic heterocycles. The maximum absolute atomic E-state index is 12.5. The summed E-state index contributed by atoms with van der Waals surface area (Å²) in [6.07, 6.45) is 1.08. The van der Waals surface area contributed by atoms with Crippen molar-refractivity contribution in [2.24, 2.45) is 5.92 Å². The lowest BCUT2D eigenvalue weighted by Gasteiger charge is -2.14. The third kappa shape index (κ3) is 3.07. The van der Waals surface area contributed by atoms with Gasteiger partial charge in [-0.1, -0.05) is 48.5 Å². The first-order valence-corrected chi connectivity index (χ1v) is 8.61. The Balaban J connectivity index is 1.48. The van der Waals surface area contributed by atoms with Gasteiger partial charge in [0.25, 0.3) is 11.5 Å². The van der Waals surface area contributed by atoms with Gasteiger partial charge in [-0.2, -0.15) is 0 Å². The molecule has 1 aliphatic rings. The molecule has 3 aromatic rings. The van der Waals surface area contributed by atoms with Crippen LogP contribution in [0.2, 0.25) is 0 Å². The molecule has 4 nitrogen and oxygen atoms in total. The van der Waals surface area contributed by atoms with Crippen LogP contribution in [0, 0.1) is 5.92 Å². The summed E-state index contributed by atoms with van der Waals surface area (Å²) in [6, 6.07) is 19.5. The van der Waals surface area contributed by atoms with Crippen molar-refractivity contribution in [1.82, 2.24) is 10.3 Å². The van der Waals surface area contributed by atoms with Crippen LogP contribution in [-0.4, -0.2) is 16.9 Å². The van der Waals surface area contributed by atoms with Gasteiger partial charge in [0.1, 0.15) is 5.69 Å². The molecule has 2 aromatic carbocycles. The predicted octanol–water partition coefficient (Wildman–Crippen LogP) is 3.45. The van der Waals surface area contributed by atoms with Crippen LogP contribution in [0.3, 0.4) is 0 Å². The number of fused-ring (bicyclic) bond motifs is 1. The Kier molecular flexibility index (Phi) is 3.88. The predicted molar refractivity (Wildman–Crippen MR) is 98.8 cm³/mol. The second kappa shape index (κ2) is 6.20. The highest BCUT2D eigenvalue weighted by molar-refractivity contribution is 5.96. The van der Waals surface area contributed by atoms with E-state index in [4.69, 9.17) is 0 Å². The molecule has 1 saturated carbocycles. The highest BCUT2D eigenvalue weighted by Gasteiger charge is 2.42. The lowest BCUT2D eigenvalue weighted by Crippen LogP contribution is -2.35. The monoisotopic (exact) mass is 332 g/mol. The van der Waals surface area contributed by atoms with Crippen molar-refractivity contribution in [1.29, 1.82) is 0 Å². The zero-order valence-electron chi connectivity index (χ0n) is 14.0. The maximum Gasteiger partial charge on any atom is 0.268 e. The van der Waals surface area contributed by atoms with E-state index in [9.17, 15) is 9.59 Å². The lowest BCUT2D eigenvalue weighted by molar-refractivity contribution is 0.0930. The van der Waals surface area contributed by atoms with Crippen molar-refractivity contribution in [3.63, 3.8) is 0 Å². The van der Waals surface area contributed by atoms with E-state index in [0.29, 0.717) is 22.9 Å². The van der Waals surface area contributed by atoms with E-state index in [1.54, 1.807) is 12.1 Å². The standard InChI is InChI=1S/C21H20N2O2/c1-13(17-12-18(17)14-7-3-2-4-8-14)22-21(25)19-11-15-9-5-6-10-16(15)20(24)23-19/h2-11,13,17-18H,12H2,1H3,(H,22,25)(H,23,24)/t13-,17+,18+/m0/s1. The fourth-order valence-electron chi connectivity index (χ4n) is 3.58. The van der Waals surface area contributed by atoms with E-state index in [1.807, 2.05) is 43.3 Å². The van der Waals surface area contributed by atoms with E-state index in [2.05, 4.69) is 22.4 Å². The van der Waals surface area contributed by atoms with Gasteiger partial charge < -0.3 is 10.3 Å². The summed E-state index contributed by atoms with van der Waals surface area (Å²) in [5.41, 5.74) is 1.41. The molecule has 25 heavy (non-hydrogen) atoms. The Hall–Kier alpha value is -2.88. The van der Waals surface area contributed by atoms with Crippen LogP contribution in [0.25, 0.3) is 10.8 Å². The zero-order chi connectivity index (χ0) is 17.4. The summed E-state index contributed by atoms with van der Waals surface area (Å²) in [5, 5.41) is 4.41. The van der Waals surface area contributed by atoms with Gasteiger partial charge in [0.15, 0.2) is 0 Å². The highest BCUT2D eigenvalue weighted by atomic mass is 16.2. The number of pyridine rings is 1. The van der Waals surface area contributed by atoms with Gasteiger partial charge in [0, 0.05) is 11.4 Å². The Bertz CT molecular complexity index is 978. The molecule has 1 heterocycles. The number of nitrogens with one attached hydrogen (secondary N) is 2. The molecule has 1 amide bonds. The normalized spacial score (nSPS) is 20.2. The van der Waals surface area contributed by atoms with Crippen LogP contribution in [0.4, 0.5) is 0 Å². The van der Waals surface area contributed by atoms with Crippen LogP contribution in [0.5, 0.6) is 0 Å². The number of amides is 1. The number of hydrogen-bond donors (Lipinski definition) is 2. The molecule has 2 N–H and O–H groups in total. The Morgan fingerprint density at radius 1 is 1.12 bits per heavy atom. The average Bonchev–Trinajstić information content (AvgIpc) is 3.43. The summed E-state index contributed by atoms with van der Waals surface area (Å²) in [6.45, 7) is 2.03. The minimum absolute atomic E-state index is 0.0627. The number of carbonyl (C=O) groups is 1. The molecule has 0 spiro atoms. The summed E-state index contributed by atoms with van der Waals surface area (Å²) in [5.74, 6) is 0.722. The van der Waals surface area contributed by atoms with Gasteiger partial charge in [-0.05, 0) is 48.3 Å². The van der Waals surface area contributed by atoms with Crippen molar-refractivity contribution < 1.29 is 4.79 Å². The van der Waals surface area contributed by atoms with Gasteiger partial charge in [-0.3, -0.25) is 9.59 Å².